The van der Waals surface area contributed by atoms with Gasteiger partial charge >= 0.3 is 0 Å². The van der Waals surface area contributed by atoms with Gasteiger partial charge in [-0.25, -0.2) is 8.42 Å². The molecule has 2 fully saturated rings. The fourth-order valence-electron chi connectivity index (χ4n) is 3.77. The van der Waals surface area contributed by atoms with Gasteiger partial charge in [0.2, 0.25) is 15.9 Å². The van der Waals surface area contributed by atoms with E-state index >= 15 is 0 Å². The fourth-order valence-corrected chi connectivity index (χ4v) is 5.24. The molecule has 0 atom stereocenters. The van der Waals surface area contributed by atoms with Crippen LogP contribution in [0.2, 0.25) is 0 Å². The third kappa shape index (κ3) is 4.61. The maximum Gasteiger partial charge on any atom is 0.243 e. The fraction of sp³-hybridized carbons (Fsp3) is 0.632. The number of nitrogens with zero attached hydrogens (tertiary/aromatic N) is 1. The highest BCUT2D eigenvalue weighted by molar-refractivity contribution is 7.89. The lowest BCUT2D eigenvalue weighted by atomic mass is 10.0. The van der Waals surface area contributed by atoms with Gasteiger partial charge in [-0.1, -0.05) is 19.8 Å². The van der Waals surface area contributed by atoms with Crippen LogP contribution >= 0.6 is 0 Å². The Morgan fingerprint density at radius 2 is 1.68 bits per heavy atom. The molecule has 1 N–H and O–H groups in total. The quantitative estimate of drug-likeness (QED) is 0.868. The molecule has 1 heterocycles. The predicted octanol–water partition coefficient (Wildman–Crippen LogP) is 3.63. The zero-order valence-corrected chi connectivity index (χ0v) is 15.7. The van der Waals surface area contributed by atoms with Crippen molar-refractivity contribution >= 4 is 21.6 Å². The van der Waals surface area contributed by atoms with Gasteiger partial charge in [0.05, 0.1) is 4.90 Å². The second-order valence-corrected chi connectivity index (χ2v) is 9.45. The smallest absolute Gasteiger partial charge is 0.243 e. The van der Waals surface area contributed by atoms with Crippen molar-refractivity contribution in [3.8, 4) is 0 Å². The normalized spacial score (nSPS) is 20.7. The van der Waals surface area contributed by atoms with Gasteiger partial charge in [-0.05, 0) is 61.8 Å². The second-order valence-electron chi connectivity index (χ2n) is 7.51. The molecule has 1 aromatic rings. The van der Waals surface area contributed by atoms with Crippen LogP contribution < -0.4 is 5.32 Å². The molecule has 0 radical (unpaired) electrons. The number of anilines is 1. The van der Waals surface area contributed by atoms with Gasteiger partial charge < -0.3 is 5.32 Å². The minimum absolute atomic E-state index is 0.0209. The highest BCUT2D eigenvalue weighted by Gasteiger charge is 2.28. The highest BCUT2D eigenvalue weighted by atomic mass is 32.2. The molecule has 0 unspecified atom stereocenters. The van der Waals surface area contributed by atoms with E-state index in [2.05, 4.69) is 12.2 Å². The Morgan fingerprint density at radius 3 is 2.28 bits per heavy atom. The lowest BCUT2D eigenvalue weighted by Crippen LogP contribution is -2.37. The number of hydrogen-bond acceptors (Lipinski definition) is 3. The molecule has 5 nitrogen and oxygen atoms in total. The minimum atomic E-state index is -3.43. The van der Waals surface area contributed by atoms with Crippen LogP contribution in [-0.4, -0.2) is 31.7 Å². The van der Waals surface area contributed by atoms with E-state index in [0.29, 0.717) is 41.9 Å². The topological polar surface area (TPSA) is 66.5 Å². The van der Waals surface area contributed by atoms with Crippen LogP contribution in [-0.2, 0) is 14.8 Å². The van der Waals surface area contributed by atoms with Crippen molar-refractivity contribution in [3.05, 3.63) is 24.3 Å². The average molecular weight is 365 g/mol. The van der Waals surface area contributed by atoms with Crippen LogP contribution in [0.1, 0.15) is 51.9 Å². The molecule has 1 amide bonds. The molecule has 25 heavy (non-hydrogen) atoms. The van der Waals surface area contributed by atoms with Gasteiger partial charge in [0, 0.05) is 25.2 Å². The number of rotatable bonds is 5. The van der Waals surface area contributed by atoms with E-state index in [0.717, 1.165) is 25.7 Å². The molecule has 6 heteroatoms. The number of hydrogen-bond donors (Lipinski definition) is 1. The Balaban J connectivity index is 1.60. The van der Waals surface area contributed by atoms with Gasteiger partial charge in [0.1, 0.15) is 0 Å². The summed E-state index contributed by atoms with van der Waals surface area (Å²) in [5.74, 6) is 1.11. The molecule has 138 valence electrons. The van der Waals surface area contributed by atoms with Crippen molar-refractivity contribution in [2.24, 2.45) is 11.8 Å². The molecular weight excluding hydrogens is 336 g/mol. The monoisotopic (exact) mass is 364 g/mol. The van der Waals surface area contributed by atoms with Gasteiger partial charge in [0.25, 0.3) is 0 Å². The number of nitrogens with one attached hydrogen (secondary N) is 1. The molecule has 0 spiro atoms. The summed E-state index contributed by atoms with van der Waals surface area (Å²) in [6.07, 6.45) is 7.10. The van der Waals surface area contributed by atoms with Crippen LogP contribution in [0.5, 0.6) is 0 Å². The Bertz CT molecular complexity index is 686. The Morgan fingerprint density at radius 1 is 1.08 bits per heavy atom. The number of benzene rings is 1. The van der Waals surface area contributed by atoms with E-state index in [9.17, 15) is 13.2 Å². The van der Waals surface area contributed by atoms with Crippen molar-refractivity contribution in [2.75, 3.05) is 18.4 Å². The second kappa shape index (κ2) is 7.87. The third-order valence-electron chi connectivity index (χ3n) is 5.47. The Labute approximate surface area is 150 Å². The van der Waals surface area contributed by atoms with E-state index < -0.39 is 10.0 Å². The number of carbonyl (C=O) groups excluding carboxylic acids is 1. The number of amides is 1. The summed E-state index contributed by atoms with van der Waals surface area (Å²) in [5, 5.41) is 2.89. The summed E-state index contributed by atoms with van der Waals surface area (Å²) in [6.45, 7) is 3.33. The lowest BCUT2D eigenvalue weighted by Gasteiger charge is -2.29. The summed E-state index contributed by atoms with van der Waals surface area (Å²) in [4.78, 5) is 12.4. The number of sulfonamides is 1. The molecular formula is C19H28N2O3S. The first kappa shape index (κ1) is 18.4. The van der Waals surface area contributed by atoms with E-state index in [4.69, 9.17) is 0 Å². The molecule has 1 saturated carbocycles. The molecule has 0 bridgehead atoms. The van der Waals surface area contributed by atoms with Crippen LogP contribution in [0.4, 0.5) is 5.69 Å². The molecule has 1 aromatic carbocycles. The van der Waals surface area contributed by atoms with E-state index in [-0.39, 0.29) is 5.91 Å². The van der Waals surface area contributed by atoms with Gasteiger partial charge in [-0.2, -0.15) is 4.31 Å². The van der Waals surface area contributed by atoms with Crippen molar-refractivity contribution in [2.45, 2.75) is 56.8 Å². The summed E-state index contributed by atoms with van der Waals surface area (Å²) in [6, 6.07) is 6.56. The highest BCUT2D eigenvalue weighted by Crippen LogP contribution is 2.28. The maximum atomic E-state index is 12.7. The van der Waals surface area contributed by atoms with Gasteiger partial charge in [-0.3, -0.25) is 4.79 Å². The first-order chi connectivity index (χ1) is 11.9. The van der Waals surface area contributed by atoms with E-state index in [1.807, 2.05) is 0 Å². The van der Waals surface area contributed by atoms with Gasteiger partial charge in [0.15, 0.2) is 0 Å². The van der Waals surface area contributed by atoms with Crippen molar-refractivity contribution in [3.63, 3.8) is 0 Å². The molecule has 1 saturated heterocycles. The van der Waals surface area contributed by atoms with Crippen molar-refractivity contribution in [1.29, 1.82) is 0 Å². The molecule has 1 aliphatic heterocycles. The van der Waals surface area contributed by atoms with Crippen LogP contribution in [0.25, 0.3) is 0 Å². The lowest BCUT2D eigenvalue weighted by molar-refractivity contribution is -0.117. The van der Waals surface area contributed by atoms with E-state index in [1.165, 1.54) is 12.8 Å². The standard InChI is InChI=1S/C19H28N2O3S/c1-15-10-12-21(13-11-15)25(23,24)18-8-6-17(7-9-18)20-19(22)14-16-4-2-3-5-16/h6-9,15-16H,2-5,10-14H2,1H3,(H,20,22). The summed E-state index contributed by atoms with van der Waals surface area (Å²) in [7, 11) is -3.43. The largest absolute Gasteiger partial charge is 0.326 e. The van der Waals surface area contributed by atoms with Crippen LogP contribution in [0.15, 0.2) is 29.2 Å². The summed E-state index contributed by atoms with van der Waals surface area (Å²) < 4.78 is 27.0. The van der Waals surface area contributed by atoms with Crippen molar-refractivity contribution in [1.82, 2.24) is 4.31 Å². The third-order valence-corrected chi connectivity index (χ3v) is 7.38. The SMILES string of the molecule is CC1CCN(S(=O)(=O)c2ccc(NC(=O)CC3CCCC3)cc2)CC1. The average Bonchev–Trinajstić information content (AvgIpc) is 3.08. The first-order valence-corrected chi connectivity index (χ1v) is 10.8. The summed E-state index contributed by atoms with van der Waals surface area (Å²) >= 11 is 0. The van der Waals surface area contributed by atoms with E-state index in [1.54, 1.807) is 28.6 Å². The van der Waals surface area contributed by atoms with Crippen LogP contribution in [0, 0.1) is 11.8 Å². The molecule has 3 rings (SSSR count). The predicted molar refractivity (Wildman–Crippen MR) is 98.8 cm³/mol. The molecule has 1 aliphatic carbocycles. The zero-order chi connectivity index (χ0) is 17.9. The Kier molecular flexibility index (Phi) is 5.79. The van der Waals surface area contributed by atoms with Gasteiger partial charge in [-0.15, -0.1) is 0 Å². The molecule has 0 aromatic heterocycles. The summed E-state index contributed by atoms with van der Waals surface area (Å²) in [5.41, 5.74) is 0.661. The maximum absolute atomic E-state index is 12.7. The van der Waals surface area contributed by atoms with Crippen molar-refractivity contribution < 1.29 is 13.2 Å². The number of piperidine rings is 1. The molecule has 2 aliphatic rings. The van der Waals surface area contributed by atoms with Crippen LogP contribution in [0.3, 0.4) is 0 Å². The first-order valence-electron chi connectivity index (χ1n) is 9.35. The number of carbonyl (C=O) groups is 1. The minimum Gasteiger partial charge on any atom is -0.326 e. The Hall–Kier alpha value is -1.40. The zero-order valence-electron chi connectivity index (χ0n) is 14.9.